The molecule has 0 saturated heterocycles. The molecule has 0 spiro atoms. The van der Waals surface area contributed by atoms with E-state index in [9.17, 15) is 43.2 Å². The summed E-state index contributed by atoms with van der Waals surface area (Å²) in [6, 6.07) is 12.6. The average Bonchev–Trinajstić information content (AvgIpc) is 2.65. The van der Waals surface area contributed by atoms with Gasteiger partial charge in [-0.25, -0.2) is 19.2 Å². The second kappa shape index (κ2) is 38.2. The van der Waals surface area contributed by atoms with Gasteiger partial charge in [0.15, 0.2) is 0 Å². The summed E-state index contributed by atoms with van der Waals surface area (Å²) in [5.74, 6) is -3.16. The zero-order chi connectivity index (χ0) is 65.6. The molecule has 5 amide bonds. The molecule has 1 unspecified atom stereocenters. The first-order valence-electron chi connectivity index (χ1n) is 32.7. The Morgan fingerprint density at radius 3 is 1.47 bits per heavy atom. The van der Waals surface area contributed by atoms with Gasteiger partial charge in [-0.3, -0.25) is 18.9 Å². The molecular weight excluding hydrogens is 1140 g/mol. The minimum Gasteiger partial charge on any atom is -0.480 e. The highest BCUT2D eigenvalue weighted by Crippen LogP contribution is 2.61. The molecule has 0 heterocycles. The van der Waals surface area contributed by atoms with Gasteiger partial charge in [-0.2, -0.15) is 0 Å². The molecule has 2 aromatic rings. The van der Waals surface area contributed by atoms with Crippen molar-refractivity contribution < 1.29 is 66.5 Å². The lowest BCUT2D eigenvalue weighted by atomic mass is 9.98. The van der Waals surface area contributed by atoms with E-state index in [0.717, 1.165) is 73.6 Å². The predicted octanol–water partition coefficient (Wildman–Crippen LogP) is 14.5. The number of aliphatic carboxylic acids is 1. The molecule has 3 rings (SSSR count). The summed E-state index contributed by atoms with van der Waals surface area (Å²) in [6.07, 6.45) is 15.4. The third-order valence-electron chi connectivity index (χ3n) is 14.7. The maximum atomic E-state index is 14.6. The van der Waals surface area contributed by atoms with E-state index >= 15 is 0 Å². The summed E-state index contributed by atoms with van der Waals surface area (Å²) in [6.45, 7) is 24.5. The molecule has 0 radical (unpaired) electrons. The van der Waals surface area contributed by atoms with Crippen molar-refractivity contribution in [2.45, 2.75) is 296 Å². The number of hydrogen-bond donors (Lipinski definition) is 6. The molecular formula is C68H112N5O14P. The van der Waals surface area contributed by atoms with Crippen LogP contribution in [0.4, 0.5) is 9.59 Å². The number of carboxylic acid groups (broad SMARTS) is 1. The first-order valence-corrected chi connectivity index (χ1v) is 34.3. The lowest BCUT2D eigenvalue weighted by Gasteiger charge is -2.36. The normalized spacial score (nSPS) is 14.1. The quantitative estimate of drug-likeness (QED) is 0.0157. The lowest BCUT2D eigenvalue weighted by molar-refractivity contribution is -0.159. The van der Waals surface area contributed by atoms with Gasteiger partial charge in [-0.05, 0) is 170 Å². The molecule has 1 aliphatic rings. The lowest BCUT2D eigenvalue weighted by Crippen LogP contribution is -2.48. The van der Waals surface area contributed by atoms with Gasteiger partial charge in [0.2, 0.25) is 17.7 Å². The van der Waals surface area contributed by atoms with Gasteiger partial charge in [0.25, 0.3) is 0 Å². The van der Waals surface area contributed by atoms with Crippen molar-refractivity contribution >= 4 is 49.4 Å². The Balaban J connectivity index is 1.44. The van der Waals surface area contributed by atoms with Gasteiger partial charge in [-0.15, -0.1) is 0 Å². The topological polar surface area (TPSA) is 263 Å². The summed E-state index contributed by atoms with van der Waals surface area (Å²) in [7, 11) is -3.47. The number of nitrogens with one attached hydrogen (secondary N) is 5. The van der Waals surface area contributed by atoms with Gasteiger partial charge in [0, 0.05) is 31.8 Å². The first kappa shape index (κ1) is 76.7. The van der Waals surface area contributed by atoms with Crippen molar-refractivity contribution in [2.24, 2.45) is 0 Å². The van der Waals surface area contributed by atoms with Gasteiger partial charge in [0.05, 0.1) is 16.9 Å². The molecule has 2 aromatic carbocycles. The van der Waals surface area contributed by atoms with Crippen LogP contribution in [-0.2, 0) is 51.8 Å². The minimum atomic E-state index is -3.47. The largest absolute Gasteiger partial charge is 0.480 e. The Morgan fingerprint density at radius 1 is 0.489 bits per heavy atom. The summed E-state index contributed by atoms with van der Waals surface area (Å²) in [5, 5.41) is 23.5. The molecule has 4 atom stereocenters. The maximum absolute atomic E-state index is 14.6. The zero-order valence-corrected chi connectivity index (χ0v) is 56.7. The van der Waals surface area contributed by atoms with Gasteiger partial charge in [-0.1, -0.05) is 133 Å². The predicted molar refractivity (Wildman–Crippen MR) is 346 cm³/mol. The molecule has 88 heavy (non-hydrogen) atoms. The van der Waals surface area contributed by atoms with Gasteiger partial charge < -0.3 is 54.9 Å². The van der Waals surface area contributed by atoms with E-state index in [-0.39, 0.29) is 75.2 Å². The molecule has 0 saturated carbocycles. The van der Waals surface area contributed by atoms with E-state index in [1.54, 1.807) is 41.5 Å². The number of esters is 1. The Kier molecular flexibility index (Phi) is 33.3. The van der Waals surface area contributed by atoms with E-state index in [4.69, 9.17) is 23.3 Å². The molecule has 19 nitrogen and oxygen atoms in total. The number of fused-ring (bicyclic) bond motifs is 3. The monoisotopic (exact) mass is 1250 g/mol. The average molecular weight is 1250 g/mol. The highest BCUT2D eigenvalue weighted by atomic mass is 31.2. The Hall–Kier alpha value is -5.52. The van der Waals surface area contributed by atoms with Crippen molar-refractivity contribution in [2.75, 3.05) is 19.7 Å². The molecule has 20 heteroatoms. The summed E-state index contributed by atoms with van der Waals surface area (Å²) >= 11 is 0. The number of carbonyl (C=O) groups is 7. The van der Waals surface area contributed by atoms with Crippen molar-refractivity contribution in [1.29, 1.82) is 0 Å². The highest BCUT2D eigenvalue weighted by Gasteiger charge is 2.42. The fraction of sp³-hybridized carbons (Fsp3) is 0.721. The number of amides is 5. The van der Waals surface area contributed by atoms with Crippen LogP contribution in [-0.4, -0.2) is 113 Å². The van der Waals surface area contributed by atoms with Crippen LogP contribution in [0.5, 0.6) is 0 Å². The van der Waals surface area contributed by atoms with Crippen LogP contribution in [0.25, 0.3) is 11.1 Å². The number of carbonyl (C=O) groups excluding carboxylic acids is 6. The Labute approximate surface area is 527 Å². The number of rotatable bonds is 41. The molecule has 6 N–H and O–H groups in total. The van der Waals surface area contributed by atoms with Crippen molar-refractivity contribution in [3.8, 4) is 11.1 Å². The third kappa shape index (κ3) is 31.8. The molecule has 0 aliphatic heterocycles. The van der Waals surface area contributed by atoms with Crippen molar-refractivity contribution in [3.05, 3.63) is 59.7 Å². The van der Waals surface area contributed by atoms with Crippen LogP contribution in [0, 0.1) is 0 Å². The van der Waals surface area contributed by atoms with Gasteiger partial charge in [0.1, 0.15) is 35.9 Å². The Bertz CT molecular complexity index is 2470. The maximum Gasteiger partial charge on any atom is 0.408 e. The van der Waals surface area contributed by atoms with Crippen LogP contribution < -0.4 is 26.6 Å². The van der Waals surface area contributed by atoms with Crippen LogP contribution >= 0.6 is 7.60 Å². The summed E-state index contributed by atoms with van der Waals surface area (Å²) in [5.41, 5.74) is 1.07. The number of ether oxygens (including phenoxy) is 3. The van der Waals surface area contributed by atoms with Crippen LogP contribution in [0.3, 0.4) is 0 Å². The van der Waals surface area contributed by atoms with Gasteiger partial charge >= 0.3 is 31.7 Å². The van der Waals surface area contributed by atoms with Crippen molar-refractivity contribution in [1.82, 2.24) is 26.6 Å². The van der Waals surface area contributed by atoms with Crippen LogP contribution in [0.2, 0.25) is 0 Å². The van der Waals surface area contributed by atoms with E-state index in [2.05, 4.69) is 33.5 Å². The molecule has 0 bridgehead atoms. The summed E-state index contributed by atoms with van der Waals surface area (Å²) < 4.78 is 43.9. The fourth-order valence-electron chi connectivity index (χ4n) is 10.6. The SMILES string of the molecule is CCCCCCCCCCC(CCCCCCCC(=O)N[C@@H](CCC(=O)NCCCC[C@H](NC(=O)OC(C)(C)C)C(=O)NCCCC[C@H](NC(=O)OCC1c2ccccc2-c2ccccc21)C(=O)O)C(=O)OC(C)(C)C)P(=O)(OC(C)(C)C)OC(C)(C)C. The third-order valence-corrected chi connectivity index (χ3v) is 17.7. The smallest absolute Gasteiger partial charge is 0.408 e. The standard InChI is InChI=1S/C68H112N5O14P/c1-14-15-16-17-18-19-21-24-35-49(88(82,86-67(8,9)10)87-68(11,12)13)36-25-22-20-23-26-43-59(75)71-57(62(79)84-65(2,3)4)44-45-58(74)69-46-33-31-41-55(72-64(81)85-66(5,6)7)60(76)70-47-34-32-42-56(61(77)78)73-63(80)83-48-54-52-39-29-27-37-50(52)51-38-28-30-40-53(51)54/h27-30,37-40,49,54-57H,14-26,31-36,41-48H2,1-13H3,(H,69,74)(H,70,76)(H,71,75)(H,72,81)(H,73,80)(H,77,78)/t49?,55-,56-,57-/m0/s1. The van der Waals surface area contributed by atoms with E-state index < -0.39 is 78.2 Å². The van der Waals surface area contributed by atoms with E-state index in [1.807, 2.05) is 90.1 Å². The zero-order valence-electron chi connectivity index (χ0n) is 55.8. The first-order chi connectivity index (χ1) is 41.3. The Morgan fingerprint density at radius 2 is 0.955 bits per heavy atom. The number of benzene rings is 2. The van der Waals surface area contributed by atoms with E-state index in [1.165, 1.54) is 38.5 Å². The second-order valence-corrected chi connectivity index (χ2v) is 29.7. The second-order valence-electron chi connectivity index (χ2n) is 27.6. The van der Waals surface area contributed by atoms with Crippen LogP contribution in [0.15, 0.2) is 48.5 Å². The number of hydrogen-bond acceptors (Lipinski definition) is 13. The van der Waals surface area contributed by atoms with Crippen molar-refractivity contribution in [3.63, 3.8) is 0 Å². The van der Waals surface area contributed by atoms with Crippen LogP contribution in [0.1, 0.15) is 261 Å². The molecule has 1 aliphatic carbocycles. The minimum absolute atomic E-state index is 0.0163. The highest BCUT2D eigenvalue weighted by molar-refractivity contribution is 7.54. The molecule has 498 valence electrons. The molecule has 0 aromatic heterocycles. The summed E-state index contributed by atoms with van der Waals surface area (Å²) in [4.78, 5) is 91.0. The fourth-order valence-corrected chi connectivity index (χ4v) is 13.5. The number of carboxylic acids is 1. The number of unbranched alkanes of at least 4 members (excludes halogenated alkanes) is 13. The number of alkyl carbamates (subject to hydrolysis) is 2. The molecule has 0 fully saturated rings. The van der Waals surface area contributed by atoms with E-state index in [0.29, 0.717) is 32.1 Å².